The lowest BCUT2D eigenvalue weighted by Gasteiger charge is -2.11. The molecule has 0 unspecified atom stereocenters. The van der Waals surface area contributed by atoms with Gasteiger partial charge < -0.3 is 24.1 Å². The summed E-state index contributed by atoms with van der Waals surface area (Å²) < 4.78 is 21.1. The lowest BCUT2D eigenvalue weighted by Crippen LogP contribution is -2.12. The van der Waals surface area contributed by atoms with Gasteiger partial charge in [0.25, 0.3) is 0 Å². The van der Waals surface area contributed by atoms with Crippen molar-refractivity contribution >= 4 is 5.71 Å². The van der Waals surface area contributed by atoms with Crippen molar-refractivity contribution in [2.24, 2.45) is 4.99 Å². The molecule has 0 saturated carbocycles. The molecule has 6 heteroatoms. The topological polar surface area (TPSA) is 69.5 Å². The van der Waals surface area contributed by atoms with Gasteiger partial charge in [-0.15, -0.1) is 0 Å². The van der Waals surface area contributed by atoms with Crippen LogP contribution in [0.3, 0.4) is 0 Å². The Morgan fingerprint density at radius 3 is 2.35 bits per heavy atom. The highest BCUT2D eigenvalue weighted by Crippen LogP contribution is 2.30. The van der Waals surface area contributed by atoms with Crippen LogP contribution in [0, 0.1) is 0 Å². The van der Waals surface area contributed by atoms with Crippen molar-refractivity contribution in [1.82, 2.24) is 0 Å². The minimum atomic E-state index is 0.116. The number of aromatic hydroxyl groups is 1. The highest BCUT2D eigenvalue weighted by Gasteiger charge is 2.10. The lowest BCUT2D eigenvalue weighted by molar-refractivity contribution is 0.0178. The molecule has 23 heavy (non-hydrogen) atoms. The summed E-state index contributed by atoms with van der Waals surface area (Å²) in [6.07, 6.45) is 0. The summed E-state index contributed by atoms with van der Waals surface area (Å²) in [5.41, 5.74) is 1.48. The summed E-state index contributed by atoms with van der Waals surface area (Å²) >= 11 is 0. The minimum Gasteiger partial charge on any atom is -0.504 e. The van der Waals surface area contributed by atoms with Crippen molar-refractivity contribution in [2.75, 3.05) is 53.3 Å². The van der Waals surface area contributed by atoms with Crippen LogP contribution in [-0.2, 0) is 14.2 Å². The smallest absolute Gasteiger partial charge is 0.166 e. The molecule has 0 amide bonds. The van der Waals surface area contributed by atoms with E-state index in [1.54, 1.807) is 13.2 Å². The maximum Gasteiger partial charge on any atom is 0.166 e. The summed E-state index contributed by atoms with van der Waals surface area (Å²) in [5, 5.41) is 10.2. The summed E-state index contributed by atoms with van der Waals surface area (Å²) in [6, 6.07) is 5.39. The molecule has 0 aliphatic rings. The largest absolute Gasteiger partial charge is 0.504 e. The number of para-hydroxylation sites is 1. The molecule has 0 saturated heterocycles. The first-order chi connectivity index (χ1) is 11.2. The number of phenols is 1. The van der Waals surface area contributed by atoms with Crippen LogP contribution in [0.25, 0.3) is 0 Å². The maximum atomic E-state index is 10.2. The highest BCUT2D eigenvalue weighted by molar-refractivity contribution is 6.01. The number of benzene rings is 1. The Bertz CT molecular complexity index is 476. The molecular weight excluding hydrogens is 298 g/mol. The zero-order chi connectivity index (χ0) is 16.9. The summed E-state index contributed by atoms with van der Waals surface area (Å²) in [7, 11) is 1.64. The van der Waals surface area contributed by atoms with E-state index in [2.05, 4.69) is 4.99 Å². The predicted octanol–water partition coefficient (Wildman–Crippen LogP) is 2.28. The van der Waals surface area contributed by atoms with Gasteiger partial charge in [-0.25, -0.2) is 0 Å². The molecule has 1 aromatic carbocycles. The van der Waals surface area contributed by atoms with E-state index in [9.17, 15) is 5.11 Å². The van der Waals surface area contributed by atoms with Crippen molar-refractivity contribution in [3.05, 3.63) is 23.8 Å². The Kier molecular flexibility index (Phi) is 10.0. The van der Waals surface area contributed by atoms with Crippen LogP contribution in [0.2, 0.25) is 0 Å². The Balaban J connectivity index is 2.30. The lowest BCUT2D eigenvalue weighted by atomic mass is 10.1. The van der Waals surface area contributed by atoms with Gasteiger partial charge in [-0.2, -0.15) is 0 Å². The van der Waals surface area contributed by atoms with Crippen LogP contribution in [0.5, 0.6) is 11.5 Å². The van der Waals surface area contributed by atoms with Crippen molar-refractivity contribution in [3.63, 3.8) is 0 Å². The zero-order valence-corrected chi connectivity index (χ0v) is 14.2. The summed E-state index contributed by atoms with van der Waals surface area (Å²) in [4.78, 5) is 4.30. The first kappa shape index (κ1) is 19.4. The molecule has 0 aliphatic heterocycles. The van der Waals surface area contributed by atoms with Crippen molar-refractivity contribution in [3.8, 4) is 11.5 Å². The number of rotatable bonds is 12. The fraction of sp³-hybridized carbons (Fsp3) is 0.588. The second-order valence-corrected chi connectivity index (χ2v) is 4.78. The minimum absolute atomic E-state index is 0.116. The number of aliphatic imine (C=N–C) groups is 1. The molecule has 1 N–H and O–H groups in total. The number of hydrogen-bond acceptors (Lipinski definition) is 6. The van der Waals surface area contributed by atoms with E-state index in [0.717, 1.165) is 5.71 Å². The van der Waals surface area contributed by atoms with E-state index in [4.69, 9.17) is 18.9 Å². The van der Waals surface area contributed by atoms with Gasteiger partial charge in [-0.05, 0) is 26.0 Å². The van der Waals surface area contributed by atoms with Gasteiger partial charge in [0, 0.05) is 24.9 Å². The Morgan fingerprint density at radius 2 is 1.70 bits per heavy atom. The molecule has 1 aromatic rings. The monoisotopic (exact) mass is 325 g/mol. The van der Waals surface area contributed by atoms with Crippen LogP contribution < -0.4 is 4.74 Å². The molecule has 0 fully saturated rings. The number of phenolic OH excluding ortho intramolecular Hbond substituents is 1. The summed E-state index contributed by atoms with van der Waals surface area (Å²) in [5.74, 6) is 0.554. The van der Waals surface area contributed by atoms with E-state index in [1.165, 1.54) is 0 Å². The molecule has 0 bridgehead atoms. The third-order valence-corrected chi connectivity index (χ3v) is 3.07. The van der Waals surface area contributed by atoms with Crippen molar-refractivity contribution < 1.29 is 24.1 Å². The fourth-order valence-electron chi connectivity index (χ4n) is 1.93. The second-order valence-electron chi connectivity index (χ2n) is 4.78. The number of nitrogens with zero attached hydrogens (tertiary/aromatic N) is 1. The third-order valence-electron chi connectivity index (χ3n) is 3.07. The van der Waals surface area contributed by atoms with Crippen LogP contribution in [0.15, 0.2) is 23.2 Å². The quantitative estimate of drug-likeness (QED) is 0.472. The maximum absolute atomic E-state index is 10.2. The van der Waals surface area contributed by atoms with Gasteiger partial charge in [0.2, 0.25) is 0 Å². The van der Waals surface area contributed by atoms with E-state index < -0.39 is 0 Å². The number of methoxy groups -OCH3 is 1. The van der Waals surface area contributed by atoms with Crippen LogP contribution in [-0.4, -0.2) is 64.1 Å². The molecule has 0 atom stereocenters. The van der Waals surface area contributed by atoms with E-state index in [-0.39, 0.29) is 5.75 Å². The third kappa shape index (κ3) is 7.45. The van der Waals surface area contributed by atoms with Gasteiger partial charge >= 0.3 is 0 Å². The molecule has 0 spiro atoms. The average molecular weight is 325 g/mol. The standard InChI is InChI=1S/C17H27NO5/c1-4-18-14(2)15-6-5-7-16(17(15)19)23-13-12-22-11-10-21-9-8-20-3/h5-7,19H,4,8-13H2,1-3H3. The summed E-state index contributed by atoms with van der Waals surface area (Å²) in [6.45, 7) is 7.47. The van der Waals surface area contributed by atoms with E-state index in [1.807, 2.05) is 26.0 Å². The van der Waals surface area contributed by atoms with E-state index >= 15 is 0 Å². The molecule has 0 heterocycles. The van der Waals surface area contributed by atoms with Crippen LogP contribution >= 0.6 is 0 Å². The van der Waals surface area contributed by atoms with Gasteiger partial charge in [0.1, 0.15) is 6.61 Å². The first-order valence-corrected chi connectivity index (χ1v) is 7.81. The fourth-order valence-corrected chi connectivity index (χ4v) is 1.93. The van der Waals surface area contributed by atoms with Crippen LogP contribution in [0.1, 0.15) is 19.4 Å². The van der Waals surface area contributed by atoms with Crippen molar-refractivity contribution in [1.29, 1.82) is 0 Å². The number of ether oxygens (including phenoxy) is 4. The first-order valence-electron chi connectivity index (χ1n) is 7.81. The van der Waals surface area contributed by atoms with Gasteiger partial charge in [0.15, 0.2) is 11.5 Å². The van der Waals surface area contributed by atoms with E-state index in [0.29, 0.717) is 57.5 Å². The van der Waals surface area contributed by atoms with Gasteiger partial charge in [0.05, 0.1) is 33.0 Å². The number of hydrogen-bond donors (Lipinski definition) is 1. The second kappa shape index (κ2) is 11.9. The normalized spacial score (nSPS) is 11.7. The molecule has 0 aromatic heterocycles. The molecular formula is C17H27NO5. The molecule has 0 aliphatic carbocycles. The molecule has 6 nitrogen and oxygen atoms in total. The van der Waals surface area contributed by atoms with Crippen LogP contribution in [0.4, 0.5) is 0 Å². The molecule has 1 rings (SSSR count). The SMILES string of the molecule is CCN=C(C)c1cccc(OCCOCCOCCOC)c1O. The Morgan fingerprint density at radius 1 is 1.04 bits per heavy atom. The predicted molar refractivity (Wildman–Crippen MR) is 89.9 cm³/mol. The zero-order valence-electron chi connectivity index (χ0n) is 14.2. The van der Waals surface area contributed by atoms with Gasteiger partial charge in [-0.1, -0.05) is 6.07 Å². The average Bonchev–Trinajstić information content (AvgIpc) is 2.55. The van der Waals surface area contributed by atoms with Gasteiger partial charge in [-0.3, -0.25) is 4.99 Å². The highest BCUT2D eigenvalue weighted by atomic mass is 16.6. The van der Waals surface area contributed by atoms with Crippen molar-refractivity contribution in [2.45, 2.75) is 13.8 Å². The Labute approximate surface area is 138 Å². The molecule has 0 radical (unpaired) electrons. The molecule has 130 valence electrons. The Hall–Kier alpha value is -1.63.